The molecule has 4 nitrogen and oxygen atoms in total. The Hall–Kier alpha value is -0.680. The molecule has 5 heteroatoms. The molecule has 0 aromatic carbocycles. The van der Waals surface area contributed by atoms with Crippen molar-refractivity contribution < 1.29 is 0 Å². The summed E-state index contributed by atoms with van der Waals surface area (Å²) in [6.45, 7) is 6.72. The van der Waals surface area contributed by atoms with Crippen LogP contribution in [0.15, 0.2) is 0 Å². The molecule has 0 bridgehead atoms. The largest absolute Gasteiger partial charge is 0.374 e. The molecule has 1 aromatic heterocycles. The fourth-order valence-electron chi connectivity index (χ4n) is 2.43. The molecule has 3 rings (SSSR count). The number of aromatic nitrogens is 2. The summed E-state index contributed by atoms with van der Waals surface area (Å²) in [5.41, 5.74) is 1.15. The average molecular weight is 280 g/mol. The molecule has 0 atom stereocenters. The Bertz CT molecular complexity index is 384. The van der Waals surface area contributed by atoms with Crippen LogP contribution in [0.4, 0.5) is 5.00 Å². The summed E-state index contributed by atoms with van der Waals surface area (Å²) in [7, 11) is 0. The first kappa shape index (κ1) is 13.3. The smallest absolute Gasteiger partial charge is 0.134 e. The second-order valence-electron chi connectivity index (χ2n) is 6.06. The van der Waals surface area contributed by atoms with E-state index >= 15 is 0 Å². The molecule has 2 aliphatic rings. The number of nitrogens with zero attached hydrogens (tertiary/aromatic N) is 3. The highest BCUT2D eigenvalue weighted by atomic mass is 32.1. The van der Waals surface area contributed by atoms with Crippen molar-refractivity contribution in [2.24, 2.45) is 11.8 Å². The maximum atomic E-state index is 4.33. The van der Waals surface area contributed by atoms with E-state index in [-0.39, 0.29) is 0 Å². The highest BCUT2D eigenvalue weighted by Crippen LogP contribution is 2.34. The van der Waals surface area contributed by atoms with Gasteiger partial charge in [-0.05, 0) is 43.9 Å². The van der Waals surface area contributed by atoms with Crippen molar-refractivity contribution in [2.45, 2.75) is 45.6 Å². The van der Waals surface area contributed by atoms with Gasteiger partial charge in [-0.3, -0.25) is 4.90 Å². The normalized spacial score (nSPS) is 19.1. The molecular weight excluding hydrogens is 256 g/mol. The van der Waals surface area contributed by atoms with Gasteiger partial charge in [0.1, 0.15) is 10.7 Å². The number of rotatable bonds is 9. The lowest BCUT2D eigenvalue weighted by Gasteiger charge is -2.21. The first-order chi connectivity index (χ1) is 9.35. The Kier molecular flexibility index (Phi) is 4.33. The fourth-order valence-corrected chi connectivity index (χ4v) is 3.03. The minimum atomic E-state index is 0.956. The molecule has 0 amide bonds. The van der Waals surface area contributed by atoms with Crippen LogP contribution >= 0.6 is 11.5 Å². The minimum absolute atomic E-state index is 0.956. The average Bonchev–Trinajstić information content (AvgIpc) is 3.31. The zero-order valence-corrected chi connectivity index (χ0v) is 12.6. The van der Waals surface area contributed by atoms with Gasteiger partial charge in [0.25, 0.3) is 0 Å². The van der Waals surface area contributed by atoms with Gasteiger partial charge in [0.2, 0.25) is 0 Å². The Morgan fingerprint density at radius 3 is 2.47 bits per heavy atom. The molecule has 2 aliphatic carbocycles. The maximum absolute atomic E-state index is 4.33. The van der Waals surface area contributed by atoms with E-state index in [2.05, 4.69) is 26.7 Å². The van der Waals surface area contributed by atoms with Crippen molar-refractivity contribution >= 4 is 16.5 Å². The first-order valence-electron chi connectivity index (χ1n) is 7.62. The van der Waals surface area contributed by atoms with Crippen molar-refractivity contribution in [3.63, 3.8) is 0 Å². The zero-order valence-electron chi connectivity index (χ0n) is 11.8. The van der Waals surface area contributed by atoms with E-state index < -0.39 is 0 Å². The lowest BCUT2D eigenvalue weighted by molar-refractivity contribution is 0.242. The van der Waals surface area contributed by atoms with Crippen molar-refractivity contribution in [3.8, 4) is 0 Å². The monoisotopic (exact) mass is 280 g/mol. The third kappa shape index (κ3) is 4.14. The molecule has 19 heavy (non-hydrogen) atoms. The molecule has 0 spiro atoms. The van der Waals surface area contributed by atoms with Crippen LogP contribution in [-0.4, -0.2) is 34.1 Å². The van der Waals surface area contributed by atoms with Crippen molar-refractivity contribution in [1.29, 1.82) is 0 Å². The van der Waals surface area contributed by atoms with E-state index in [1.165, 1.54) is 55.3 Å². The molecule has 1 heterocycles. The summed E-state index contributed by atoms with van der Waals surface area (Å²) < 4.78 is 4.12. The van der Waals surface area contributed by atoms with Gasteiger partial charge < -0.3 is 5.32 Å². The Morgan fingerprint density at radius 1 is 1.21 bits per heavy atom. The predicted octanol–water partition coefficient (Wildman–Crippen LogP) is 2.98. The highest BCUT2D eigenvalue weighted by Gasteiger charge is 2.29. The van der Waals surface area contributed by atoms with Crippen LogP contribution in [0.5, 0.6) is 0 Å². The van der Waals surface area contributed by atoms with Crippen LogP contribution in [0, 0.1) is 11.8 Å². The third-order valence-electron chi connectivity index (χ3n) is 3.89. The van der Waals surface area contributed by atoms with E-state index in [9.17, 15) is 0 Å². The molecule has 106 valence electrons. The van der Waals surface area contributed by atoms with Crippen molar-refractivity contribution in [2.75, 3.05) is 25.0 Å². The Labute approximate surface area is 119 Å². The molecule has 0 radical (unpaired) electrons. The predicted molar refractivity (Wildman–Crippen MR) is 79.4 cm³/mol. The van der Waals surface area contributed by atoms with Gasteiger partial charge in [0, 0.05) is 37.7 Å². The number of anilines is 1. The first-order valence-corrected chi connectivity index (χ1v) is 8.40. The van der Waals surface area contributed by atoms with E-state index in [0.717, 1.165) is 37.0 Å². The van der Waals surface area contributed by atoms with Gasteiger partial charge in [-0.1, -0.05) is 11.4 Å². The van der Waals surface area contributed by atoms with Crippen LogP contribution < -0.4 is 5.32 Å². The topological polar surface area (TPSA) is 41.1 Å². The van der Waals surface area contributed by atoms with Gasteiger partial charge in [0.15, 0.2) is 0 Å². The molecule has 1 N–H and O–H groups in total. The third-order valence-corrected chi connectivity index (χ3v) is 4.62. The summed E-state index contributed by atoms with van der Waals surface area (Å²) in [5, 5.41) is 8.96. The second kappa shape index (κ2) is 6.18. The minimum Gasteiger partial charge on any atom is -0.374 e. The Morgan fingerprint density at radius 2 is 1.89 bits per heavy atom. The second-order valence-corrected chi connectivity index (χ2v) is 6.81. The fraction of sp³-hybridized carbons (Fsp3) is 0.857. The summed E-state index contributed by atoms with van der Waals surface area (Å²) >= 11 is 1.50. The quantitative estimate of drug-likeness (QED) is 0.755. The lowest BCUT2D eigenvalue weighted by Crippen LogP contribution is -2.28. The van der Waals surface area contributed by atoms with Crippen molar-refractivity contribution in [3.05, 3.63) is 5.69 Å². The van der Waals surface area contributed by atoms with E-state index in [1.54, 1.807) is 0 Å². The van der Waals surface area contributed by atoms with Crippen LogP contribution in [0.25, 0.3) is 0 Å². The number of nitrogens with one attached hydrogen (secondary N) is 1. The highest BCUT2D eigenvalue weighted by molar-refractivity contribution is 7.10. The SMILES string of the molecule is CCCNc1snnc1CN(CC1CC1)CC1CC1. The van der Waals surface area contributed by atoms with Gasteiger partial charge >= 0.3 is 0 Å². The molecular formula is C14H24N4S. The molecule has 0 aliphatic heterocycles. The van der Waals surface area contributed by atoms with E-state index in [0.29, 0.717) is 0 Å². The molecule has 0 unspecified atom stereocenters. The summed E-state index contributed by atoms with van der Waals surface area (Å²) in [6.07, 6.45) is 6.86. The molecule has 0 saturated heterocycles. The van der Waals surface area contributed by atoms with E-state index in [4.69, 9.17) is 0 Å². The van der Waals surface area contributed by atoms with Crippen LogP contribution in [0.2, 0.25) is 0 Å². The standard InChI is InChI=1S/C14H24N4S/c1-2-7-15-14-13(16-17-19-14)10-18(8-11-3-4-11)9-12-5-6-12/h11-12,15H,2-10H2,1H3. The maximum Gasteiger partial charge on any atom is 0.134 e. The molecule has 2 saturated carbocycles. The molecule has 1 aromatic rings. The van der Waals surface area contributed by atoms with Crippen LogP contribution in [-0.2, 0) is 6.54 Å². The van der Waals surface area contributed by atoms with Gasteiger partial charge in [0.05, 0.1) is 0 Å². The van der Waals surface area contributed by atoms with Gasteiger partial charge in [-0.2, -0.15) is 0 Å². The van der Waals surface area contributed by atoms with Gasteiger partial charge in [-0.15, -0.1) is 5.10 Å². The number of hydrogen-bond acceptors (Lipinski definition) is 5. The Balaban J connectivity index is 1.57. The lowest BCUT2D eigenvalue weighted by atomic mass is 10.3. The summed E-state index contributed by atoms with van der Waals surface area (Å²) in [6, 6.07) is 0. The van der Waals surface area contributed by atoms with Crippen LogP contribution in [0.3, 0.4) is 0 Å². The van der Waals surface area contributed by atoms with Gasteiger partial charge in [-0.25, -0.2) is 0 Å². The zero-order chi connectivity index (χ0) is 13.1. The summed E-state index contributed by atoms with van der Waals surface area (Å²) in [4.78, 5) is 2.61. The van der Waals surface area contributed by atoms with E-state index in [1.807, 2.05) is 0 Å². The van der Waals surface area contributed by atoms with Crippen molar-refractivity contribution in [1.82, 2.24) is 14.5 Å². The molecule has 2 fully saturated rings. The number of hydrogen-bond donors (Lipinski definition) is 1. The summed E-state index contributed by atoms with van der Waals surface area (Å²) in [5.74, 6) is 1.91. The van der Waals surface area contributed by atoms with Crippen LogP contribution in [0.1, 0.15) is 44.7 Å².